The predicted molar refractivity (Wildman–Crippen MR) is 80.0 cm³/mol. The van der Waals surface area contributed by atoms with Crippen LogP contribution in [0.15, 0.2) is 0 Å². The summed E-state index contributed by atoms with van der Waals surface area (Å²) in [5.41, 5.74) is 0. The molecule has 0 aromatic heterocycles. The number of piperidine rings is 1. The van der Waals surface area contributed by atoms with Crippen molar-refractivity contribution < 1.29 is 18.3 Å². The van der Waals surface area contributed by atoms with Crippen molar-refractivity contribution in [2.24, 2.45) is 17.8 Å². The molecule has 2 atom stereocenters. The van der Waals surface area contributed by atoms with Gasteiger partial charge in [0.15, 0.2) is 0 Å². The van der Waals surface area contributed by atoms with Gasteiger partial charge in [-0.15, -0.1) is 0 Å². The number of carboxylic acid groups (broad SMARTS) is 1. The van der Waals surface area contributed by atoms with Gasteiger partial charge in [-0.25, -0.2) is 4.72 Å². The summed E-state index contributed by atoms with van der Waals surface area (Å²) >= 11 is 0. The van der Waals surface area contributed by atoms with Gasteiger partial charge in [-0.1, -0.05) is 19.8 Å². The van der Waals surface area contributed by atoms with E-state index in [1.165, 1.54) is 17.1 Å². The molecule has 0 radical (unpaired) electrons. The average molecular weight is 318 g/mol. The number of hydrogen-bond acceptors (Lipinski definition) is 3. The van der Waals surface area contributed by atoms with E-state index in [0.29, 0.717) is 44.3 Å². The Morgan fingerprint density at radius 2 is 1.90 bits per heavy atom. The van der Waals surface area contributed by atoms with E-state index in [9.17, 15) is 13.2 Å². The Balaban J connectivity index is 1.81. The topological polar surface area (TPSA) is 86.7 Å². The SMILES string of the molecule is CC1CCCC(CNS(=O)(=O)N2CCC(C(=O)O)CC2)C1. The molecule has 0 amide bonds. The highest BCUT2D eigenvalue weighted by Gasteiger charge is 2.31. The van der Waals surface area contributed by atoms with Crippen LogP contribution in [0.3, 0.4) is 0 Å². The fraction of sp³-hybridized carbons (Fsp3) is 0.929. The van der Waals surface area contributed by atoms with E-state index in [4.69, 9.17) is 5.11 Å². The van der Waals surface area contributed by atoms with Gasteiger partial charge in [-0.3, -0.25) is 4.79 Å². The fourth-order valence-electron chi connectivity index (χ4n) is 3.40. The second-order valence-corrected chi connectivity index (χ2v) is 8.26. The summed E-state index contributed by atoms with van der Waals surface area (Å²) in [5.74, 6) is -0.119. The molecule has 2 fully saturated rings. The molecule has 2 unspecified atom stereocenters. The first-order chi connectivity index (χ1) is 9.88. The second kappa shape index (κ2) is 7.07. The molecule has 1 saturated heterocycles. The molecular formula is C14H26N2O4S. The maximum Gasteiger partial charge on any atom is 0.306 e. The summed E-state index contributed by atoms with van der Waals surface area (Å²) in [6.45, 7) is 3.32. The van der Waals surface area contributed by atoms with Crippen molar-refractivity contribution in [1.29, 1.82) is 0 Å². The molecule has 1 heterocycles. The minimum atomic E-state index is -3.46. The number of carboxylic acids is 1. The largest absolute Gasteiger partial charge is 0.481 e. The molecule has 0 spiro atoms. The molecule has 0 aromatic rings. The van der Waals surface area contributed by atoms with Gasteiger partial charge in [0.05, 0.1) is 5.92 Å². The van der Waals surface area contributed by atoms with Gasteiger partial charge < -0.3 is 5.11 Å². The highest BCUT2D eigenvalue weighted by Crippen LogP contribution is 2.28. The van der Waals surface area contributed by atoms with Gasteiger partial charge in [-0.2, -0.15) is 12.7 Å². The van der Waals surface area contributed by atoms with Crippen LogP contribution in [-0.4, -0.2) is 43.4 Å². The molecule has 21 heavy (non-hydrogen) atoms. The van der Waals surface area contributed by atoms with Crippen LogP contribution in [0, 0.1) is 17.8 Å². The molecule has 1 saturated carbocycles. The van der Waals surface area contributed by atoms with Gasteiger partial charge in [-0.05, 0) is 37.5 Å². The van der Waals surface area contributed by atoms with Crippen LogP contribution in [-0.2, 0) is 15.0 Å². The average Bonchev–Trinajstić information content (AvgIpc) is 2.45. The zero-order valence-corrected chi connectivity index (χ0v) is 13.4. The standard InChI is InChI=1S/C14H26N2O4S/c1-11-3-2-4-12(9-11)10-15-21(19,20)16-7-5-13(6-8-16)14(17)18/h11-13,15H,2-10H2,1H3,(H,17,18). The Morgan fingerprint density at radius 3 is 2.48 bits per heavy atom. The molecular weight excluding hydrogens is 292 g/mol. The van der Waals surface area contributed by atoms with Crippen molar-refractivity contribution in [2.75, 3.05) is 19.6 Å². The molecule has 122 valence electrons. The van der Waals surface area contributed by atoms with Crippen LogP contribution in [0.25, 0.3) is 0 Å². The summed E-state index contributed by atoms with van der Waals surface area (Å²) in [7, 11) is -3.46. The van der Waals surface area contributed by atoms with Gasteiger partial charge in [0.25, 0.3) is 10.2 Å². The predicted octanol–water partition coefficient (Wildman–Crippen LogP) is 1.44. The van der Waals surface area contributed by atoms with E-state index < -0.39 is 22.1 Å². The number of nitrogens with zero attached hydrogens (tertiary/aromatic N) is 1. The van der Waals surface area contributed by atoms with Gasteiger partial charge in [0.1, 0.15) is 0 Å². The van der Waals surface area contributed by atoms with Crippen LogP contribution in [0.1, 0.15) is 45.4 Å². The lowest BCUT2D eigenvalue weighted by Crippen LogP contribution is -2.47. The Bertz CT molecular complexity index is 458. The van der Waals surface area contributed by atoms with Crippen LogP contribution in [0.5, 0.6) is 0 Å². The minimum Gasteiger partial charge on any atom is -0.481 e. The van der Waals surface area contributed by atoms with E-state index >= 15 is 0 Å². The molecule has 0 bridgehead atoms. The third-order valence-corrected chi connectivity index (χ3v) is 6.32. The van der Waals surface area contributed by atoms with Crippen molar-refractivity contribution in [3.05, 3.63) is 0 Å². The maximum atomic E-state index is 12.3. The van der Waals surface area contributed by atoms with Crippen LogP contribution in [0.2, 0.25) is 0 Å². The third-order valence-electron chi connectivity index (χ3n) is 4.74. The number of hydrogen-bond donors (Lipinski definition) is 2. The number of aliphatic carboxylic acids is 1. The Kier molecular flexibility index (Phi) is 5.62. The summed E-state index contributed by atoms with van der Waals surface area (Å²) in [6, 6.07) is 0. The molecule has 0 aromatic carbocycles. The van der Waals surface area contributed by atoms with E-state index in [0.717, 1.165) is 12.8 Å². The highest BCUT2D eigenvalue weighted by molar-refractivity contribution is 7.87. The lowest BCUT2D eigenvalue weighted by molar-refractivity contribution is -0.142. The summed E-state index contributed by atoms with van der Waals surface area (Å²) in [5, 5.41) is 8.94. The van der Waals surface area contributed by atoms with Crippen LogP contribution in [0.4, 0.5) is 0 Å². The number of rotatable bonds is 5. The smallest absolute Gasteiger partial charge is 0.306 e. The molecule has 2 rings (SSSR count). The molecule has 1 aliphatic carbocycles. The van der Waals surface area contributed by atoms with E-state index in [1.807, 2.05) is 0 Å². The molecule has 7 heteroatoms. The summed E-state index contributed by atoms with van der Waals surface area (Å²) in [4.78, 5) is 10.9. The Hall–Kier alpha value is -0.660. The fourth-order valence-corrected chi connectivity index (χ4v) is 4.72. The van der Waals surface area contributed by atoms with Crippen LogP contribution >= 0.6 is 0 Å². The first-order valence-corrected chi connectivity index (χ1v) is 9.30. The van der Waals surface area contributed by atoms with E-state index in [-0.39, 0.29) is 0 Å². The number of carbonyl (C=O) groups is 1. The van der Waals surface area contributed by atoms with Crippen molar-refractivity contribution in [2.45, 2.75) is 45.4 Å². The monoisotopic (exact) mass is 318 g/mol. The third kappa shape index (κ3) is 4.66. The first-order valence-electron chi connectivity index (χ1n) is 7.86. The molecule has 6 nitrogen and oxygen atoms in total. The van der Waals surface area contributed by atoms with Crippen molar-refractivity contribution in [3.63, 3.8) is 0 Å². The second-order valence-electron chi connectivity index (χ2n) is 6.50. The van der Waals surface area contributed by atoms with Gasteiger partial charge in [0.2, 0.25) is 0 Å². The van der Waals surface area contributed by atoms with Gasteiger partial charge in [0, 0.05) is 19.6 Å². The van der Waals surface area contributed by atoms with Crippen molar-refractivity contribution in [3.8, 4) is 0 Å². The lowest BCUT2D eigenvalue weighted by Gasteiger charge is -2.31. The molecule has 2 aliphatic rings. The number of nitrogens with one attached hydrogen (secondary N) is 1. The summed E-state index contributed by atoms with van der Waals surface area (Å²) < 4.78 is 28.6. The van der Waals surface area contributed by atoms with Crippen molar-refractivity contribution >= 4 is 16.2 Å². The Labute approximate surface area is 127 Å². The first kappa shape index (κ1) is 16.7. The molecule has 2 N–H and O–H groups in total. The lowest BCUT2D eigenvalue weighted by atomic mass is 9.83. The van der Waals surface area contributed by atoms with E-state index in [1.54, 1.807) is 0 Å². The minimum absolute atomic E-state index is 0.299. The quantitative estimate of drug-likeness (QED) is 0.803. The zero-order chi connectivity index (χ0) is 15.5. The Morgan fingerprint density at radius 1 is 1.24 bits per heavy atom. The van der Waals surface area contributed by atoms with Gasteiger partial charge >= 0.3 is 5.97 Å². The van der Waals surface area contributed by atoms with Crippen LogP contribution < -0.4 is 4.72 Å². The normalized spacial score (nSPS) is 29.4. The van der Waals surface area contributed by atoms with E-state index in [2.05, 4.69) is 11.6 Å². The maximum absolute atomic E-state index is 12.3. The summed E-state index contributed by atoms with van der Waals surface area (Å²) in [6.07, 6.45) is 5.40. The van der Waals surface area contributed by atoms with Crippen molar-refractivity contribution in [1.82, 2.24) is 9.03 Å². The zero-order valence-electron chi connectivity index (χ0n) is 12.6. The molecule has 1 aliphatic heterocycles. The highest BCUT2D eigenvalue weighted by atomic mass is 32.2.